The van der Waals surface area contributed by atoms with Crippen molar-refractivity contribution in [2.45, 2.75) is 19.4 Å². The van der Waals surface area contributed by atoms with Crippen molar-refractivity contribution in [2.24, 2.45) is 11.7 Å². The topological polar surface area (TPSA) is 131 Å². The van der Waals surface area contributed by atoms with E-state index in [2.05, 4.69) is 33.2 Å². The molecule has 30 heavy (non-hydrogen) atoms. The quantitative estimate of drug-likeness (QED) is 0.557. The van der Waals surface area contributed by atoms with E-state index in [1.807, 2.05) is 11.0 Å². The van der Waals surface area contributed by atoms with Crippen molar-refractivity contribution in [3.05, 3.63) is 30.1 Å². The summed E-state index contributed by atoms with van der Waals surface area (Å²) in [7, 11) is 0. The van der Waals surface area contributed by atoms with E-state index in [4.69, 9.17) is 10.8 Å². The summed E-state index contributed by atoms with van der Waals surface area (Å²) in [6.45, 7) is 5.30. The molecule has 1 aliphatic rings. The molecule has 2 atom stereocenters. The van der Waals surface area contributed by atoms with Crippen molar-refractivity contribution in [3.63, 3.8) is 0 Å². The summed E-state index contributed by atoms with van der Waals surface area (Å²) >= 11 is 0. The molecule has 0 saturated carbocycles. The van der Waals surface area contributed by atoms with E-state index in [0.717, 1.165) is 18.7 Å². The number of amides is 1. The maximum Gasteiger partial charge on any atom is 0.234 e. The highest BCUT2D eigenvalue weighted by Crippen LogP contribution is 2.30. The Hall–Kier alpha value is -2.80. The van der Waals surface area contributed by atoms with E-state index >= 15 is 0 Å². The van der Waals surface area contributed by atoms with E-state index in [0.29, 0.717) is 48.7 Å². The number of rotatable bonds is 8. The third-order valence-corrected chi connectivity index (χ3v) is 5.32. The largest absolute Gasteiger partial charge is 0.395 e. The fourth-order valence-corrected chi connectivity index (χ4v) is 4.11. The Kier molecular flexibility index (Phi) is 7.52. The zero-order valence-electron chi connectivity index (χ0n) is 17.3. The van der Waals surface area contributed by atoms with Gasteiger partial charge < -0.3 is 21.1 Å². The summed E-state index contributed by atoms with van der Waals surface area (Å²) in [5.74, 6) is 0.310. The third kappa shape index (κ3) is 5.21. The van der Waals surface area contributed by atoms with E-state index in [1.165, 1.54) is 0 Å². The Morgan fingerprint density at radius 2 is 2.10 bits per heavy atom. The number of anilines is 1. The molecule has 2 aromatic rings. The second kappa shape index (κ2) is 10.3. The Morgan fingerprint density at radius 1 is 1.33 bits per heavy atom. The molecule has 0 radical (unpaired) electrons. The minimum absolute atomic E-state index is 0.00234. The standard InChI is InChI=1S/C21H29N7O2/c1-15-10-17(26-19(30)14-27(7-4-22)8-9-29)13-28(12-15)18-3-2-16(11-23)20-21(18)25-6-5-24-20/h2-3,5-6,15,17,29H,4,7-10,12-14,22H2,1H3,(H,26,30)/t15?,17-/m1/s1. The van der Waals surface area contributed by atoms with Gasteiger partial charge in [-0.05, 0) is 24.5 Å². The molecule has 9 nitrogen and oxygen atoms in total. The summed E-state index contributed by atoms with van der Waals surface area (Å²) < 4.78 is 0. The maximum absolute atomic E-state index is 12.6. The van der Waals surface area contributed by atoms with E-state index in [9.17, 15) is 10.1 Å². The molecule has 1 fully saturated rings. The lowest BCUT2D eigenvalue weighted by molar-refractivity contribution is -0.123. The highest BCUT2D eigenvalue weighted by atomic mass is 16.3. The zero-order chi connectivity index (χ0) is 21.5. The van der Waals surface area contributed by atoms with Crippen LogP contribution in [0.1, 0.15) is 18.9 Å². The zero-order valence-corrected chi connectivity index (χ0v) is 17.3. The number of carbonyl (C=O) groups excluding carboxylic acids is 1. The van der Waals surface area contributed by atoms with Gasteiger partial charge in [0.1, 0.15) is 17.1 Å². The van der Waals surface area contributed by atoms with Crippen LogP contribution in [0.5, 0.6) is 0 Å². The normalized spacial score (nSPS) is 19.1. The van der Waals surface area contributed by atoms with Crippen LogP contribution in [0, 0.1) is 17.2 Å². The number of aromatic nitrogens is 2. The van der Waals surface area contributed by atoms with Crippen molar-refractivity contribution in [2.75, 3.05) is 50.8 Å². The van der Waals surface area contributed by atoms with E-state index < -0.39 is 0 Å². The van der Waals surface area contributed by atoms with Crippen LogP contribution in [0.15, 0.2) is 24.5 Å². The van der Waals surface area contributed by atoms with Gasteiger partial charge in [0.15, 0.2) is 0 Å². The van der Waals surface area contributed by atoms with Crippen molar-refractivity contribution in [3.8, 4) is 6.07 Å². The van der Waals surface area contributed by atoms with Gasteiger partial charge in [-0.3, -0.25) is 19.7 Å². The summed E-state index contributed by atoms with van der Waals surface area (Å²) in [5, 5.41) is 21.7. The van der Waals surface area contributed by atoms with Gasteiger partial charge in [0.25, 0.3) is 0 Å². The number of nitrogens with two attached hydrogens (primary N) is 1. The molecule has 160 valence electrons. The first kappa shape index (κ1) is 21.9. The maximum atomic E-state index is 12.6. The van der Waals surface area contributed by atoms with Gasteiger partial charge in [-0.15, -0.1) is 0 Å². The molecule has 1 aliphatic heterocycles. The summed E-state index contributed by atoms with van der Waals surface area (Å²) in [6.07, 6.45) is 4.11. The van der Waals surface area contributed by atoms with Crippen molar-refractivity contribution in [1.82, 2.24) is 20.2 Å². The lowest BCUT2D eigenvalue weighted by Crippen LogP contribution is -2.52. The number of nitrogens with zero attached hydrogens (tertiary/aromatic N) is 5. The molecule has 0 bridgehead atoms. The minimum Gasteiger partial charge on any atom is -0.395 e. The number of benzene rings is 1. The number of carbonyl (C=O) groups is 1. The summed E-state index contributed by atoms with van der Waals surface area (Å²) in [4.78, 5) is 25.4. The fourth-order valence-electron chi connectivity index (χ4n) is 4.11. The first-order chi connectivity index (χ1) is 14.5. The lowest BCUT2D eigenvalue weighted by atomic mass is 9.95. The molecule has 4 N–H and O–H groups in total. The van der Waals surface area contributed by atoms with Gasteiger partial charge in [-0.1, -0.05) is 6.92 Å². The lowest BCUT2D eigenvalue weighted by Gasteiger charge is -2.38. The van der Waals surface area contributed by atoms with Crippen LogP contribution < -0.4 is 16.0 Å². The number of hydrogen-bond donors (Lipinski definition) is 3. The van der Waals surface area contributed by atoms with Crippen molar-refractivity contribution < 1.29 is 9.90 Å². The molecule has 1 unspecified atom stereocenters. The number of aliphatic hydroxyl groups is 1. The predicted octanol–water partition coefficient (Wildman–Crippen LogP) is 0.0855. The molecule has 9 heteroatoms. The van der Waals surface area contributed by atoms with Crippen molar-refractivity contribution >= 4 is 22.6 Å². The Bertz CT molecular complexity index is 908. The van der Waals surface area contributed by atoms with E-state index in [1.54, 1.807) is 18.5 Å². The molecular formula is C21H29N7O2. The van der Waals surface area contributed by atoms with Gasteiger partial charge in [-0.2, -0.15) is 5.26 Å². The molecule has 2 heterocycles. The van der Waals surface area contributed by atoms with Crippen LogP contribution in [0.2, 0.25) is 0 Å². The van der Waals surface area contributed by atoms with Gasteiger partial charge >= 0.3 is 0 Å². The SMILES string of the molecule is CC1C[C@@H](NC(=O)CN(CCN)CCO)CN(c2ccc(C#N)c3nccnc23)C1. The van der Waals surface area contributed by atoms with Crippen LogP contribution in [-0.4, -0.2) is 77.8 Å². The van der Waals surface area contributed by atoms with Gasteiger partial charge in [-0.25, -0.2) is 0 Å². The first-order valence-electron chi connectivity index (χ1n) is 10.3. The third-order valence-electron chi connectivity index (χ3n) is 5.32. The summed E-state index contributed by atoms with van der Waals surface area (Å²) in [5.41, 5.74) is 8.32. The molecule has 1 aromatic heterocycles. The monoisotopic (exact) mass is 411 g/mol. The van der Waals surface area contributed by atoms with Gasteiger partial charge in [0, 0.05) is 51.2 Å². The molecule has 0 aliphatic carbocycles. The molecule has 1 saturated heterocycles. The Labute approximate surface area is 176 Å². The number of nitrogens with one attached hydrogen (secondary N) is 1. The smallest absolute Gasteiger partial charge is 0.234 e. The van der Waals surface area contributed by atoms with E-state index in [-0.39, 0.29) is 25.1 Å². The van der Waals surface area contributed by atoms with Crippen LogP contribution >= 0.6 is 0 Å². The van der Waals surface area contributed by atoms with Crippen LogP contribution in [-0.2, 0) is 4.79 Å². The average Bonchev–Trinajstić information content (AvgIpc) is 2.72. The molecule has 3 rings (SSSR count). The van der Waals surface area contributed by atoms with Crippen LogP contribution in [0.3, 0.4) is 0 Å². The van der Waals surface area contributed by atoms with Crippen LogP contribution in [0.25, 0.3) is 11.0 Å². The molecule has 1 aromatic carbocycles. The highest BCUT2D eigenvalue weighted by Gasteiger charge is 2.28. The molecular weight excluding hydrogens is 382 g/mol. The fraction of sp³-hybridized carbons (Fsp3) is 0.524. The second-order valence-electron chi connectivity index (χ2n) is 7.80. The second-order valence-corrected chi connectivity index (χ2v) is 7.80. The van der Waals surface area contributed by atoms with Gasteiger partial charge in [0.2, 0.25) is 5.91 Å². The summed E-state index contributed by atoms with van der Waals surface area (Å²) in [6, 6.07) is 5.86. The Balaban J connectivity index is 1.74. The predicted molar refractivity (Wildman–Crippen MR) is 115 cm³/mol. The highest BCUT2D eigenvalue weighted by molar-refractivity contribution is 5.92. The number of piperidine rings is 1. The average molecular weight is 412 g/mol. The number of hydrogen-bond acceptors (Lipinski definition) is 8. The molecule has 1 amide bonds. The number of aliphatic hydroxyl groups excluding tert-OH is 1. The van der Waals surface area contributed by atoms with Crippen molar-refractivity contribution in [1.29, 1.82) is 5.26 Å². The number of nitriles is 1. The molecule has 0 spiro atoms. The first-order valence-corrected chi connectivity index (χ1v) is 10.3. The van der Waals surface area contributed by atoms with Crippen LogP contribution in [0.4, 0.5) is 5.69 Å². The minimum atomic E-state index is -0.0690. The Morgan fingerprint density at radius 3 is 2.80 bits per heavy atom. The van der Waals surface area contributed by atoms with Gasteiger partial charge in [0.05, 0.1) is 24.4 Å². The number of fused-ring (bicyclic) bond motifs is 1.